The zero-order valence-electron chi connectivity index (χ0n) is 28.0. The number of carbonyl (C=O) groups excluding carboxylic acids is 1. The van der Waals surface area contributed by atoms with Crippen molar-refractivity contribution in [2.75, 3.05) is 27.2 Å². The Bertz CT molecular complexity index is 528. The summed E-state index contributed by atoms with van der Waals surface area (Å²) in [6, 6.07) is 0. The Morgan fingerprint density at radius 3 is 1.60 bits per heavy atom. The number of ether oxygens (including phenoxy) is 1. The maximum absolute atomic E-state index is 12.1. The van der Waals surface area contributed by atoms with Crippen LogP contribution in [0.15, 0.2) is 0 Å². The van der Waals surface area contributed by atoms with E-state index in [4.69, 9.17) is 4.74 Å². The van der Waals surface area contributed by atoms with Crippen LogP contribution in [0.2, 0.25) is 0 Å². The van der Waals surface area contributed by atoms with Gasteiger partial charge in [-0.3, -0.25) is 4.79 Å². The van der Waals surface area contributed by atoms with Crippen molar-refractivity contribution < 1.29 is 9.53 Å². The van der Waals surface area contributed by atoms with E-state index in [-0.39, 0.29) is 5.97 Å². The molecule has 0 bridgehead atoms. The zero-order valence-corrected chi connectivity index (χ0v) is 28.0. The molecule has 0 heterocycles. The average Bonchev–Trinajstić information content (AvgIpc) is 3.67. The van der Waals surface area contributed by atoms with Crippen molar-refractivity contribution in [3.63, 3.8) is 0 Å². The average molecular weight is 564 g/mol. The highest BCUT2D eigenvalue weighted by atomic mass is 16.5. The van der Waals surface area contributed by atoms with E-state index in [2.05, 4.69) is 32.8 Å². The van der Waals surface area contributed by atoms with Crippen LogP contribution in [-0.4, -0.2) is 38.1 Å². The first-order valence-corrected chi connectivity index (χ1v) is 18.4. The molecule has 1 aliphatic rings. The van der Waals surface area contributed by atoms with Gasteiger partial charge in [0.1, 0.15) is 0 Å². The van der Waals surface area contributed by atoms with E-state index in [1.54, 1.807) is 0 Å². The summed E-state index contributed by atoms with van der Waals surface area (Å²) in [6.45, 7) is 6.29. The number of nitrogens with zero attached hydrogens (tertiary/aromatic N) is 1. The van der Waals surface area contributed by atoms with Crippen molar-refractivity contribution in [3.05, 3.63) is 0 Å². The fourth-order valence-electron chi connectivity index (χ4n) is 6.49. The second-order valence-electron chi connectivity index (χ2n) is 13.7. The van der Waals surface area contributed by atoms with Crippen molar-refractivity contribution in [3.8, 4) is 0 Å². The van der Waals surface area contributed by atoms with Gasteiger partial charge in [0.2, 0.25) is 0 Å². The molecular formula is C37H73NO2. The molecule has 0 aliphatic heterocycles. The molecule has 1 saturated carbocycles. The number of unbranched alkanes of at least 4 members (excludes halogenated alkanes) is 17. The lowest BCUT2D eigenvalue weighted by atomic mass is 9.89. The highest BCUT2D eigenvalue weighted by Gasteiger charge is 2.37. The molecule has 40 heavy (non-hydrogen) atoms. The van der Waals surface area contributed by atoms with Crippen LogP contribution in [0.25, 0.3) is 0 Å². The minimum Gasteiger partial charge on any atom is -0.466 e. The molecule has 0 spiro atoms. The maximum Gasteiger partial charge on any atom is 0.306 e. The number of esters is 1. The monoisotopic (exact) mass is 564 g/mol. The molecule has 0 amide bonds. The summed E-state index contributed by atoms with van der Waals surface area (Å²) in [5.41, 5.74) is 0. The van der Waals surface area contributed by atoms with E-state index >= 15 is 0 Å². The largest absolute Gasteiger partial charge is 0.466 e. The summed E-state index contributed by atoms with van der Waals surface area (Å²) >= 11 is 0. The quantitative estimate of drug-likeness (QED) is 0.0620. The first kappa shape index (κ1) is 37.5. The lowest BCUT2D eigenvalue weighted by Crippen LogP contribution is -2.14. The molecule has 2 unspecified atom stereocenters. The van der Waals surface area contributed by atoms with Gasteiger partial charge >= 0.3 is 5.97 Å². The topological polar surface area (TPSA) is 29.5 Å². The Morgan fingerprint density at radius 1 is 0.625 bits per heavy atom. The van der Waals surface area contributed by atoms with Crippen LogP contribution < -0.4 is 0 Å². The molecule has 1 fully saturated rings. The van der Waals surface area contributed by atoms with Crippen LogP contribution in [-0.2, 0) is 9.53 Å². The van der Waals surface area contributed by atoms with Gasteiger partial charge < -0.3 is 9.64 Å². The second-order valence-corrected chi connectivity index (χ2v) is 13.7. The Morgan fingerprint density at radius 2 is 1.10 bits per heavy atom. The normalized spacial score (nSPS) is 16.8. The summed E-state index contributed by atoms with van der Waals surface area (Å²) in [7, 11) is 4.18. The predicted molar refractivity (Wildman–Crippen MR) is 176 cm³/mol. The van der Waals surface area contributed by atoms with E-state index in [0.717, 1.165) is 31.2 Å². The highest BCUT2D eigenvalue weighted by Crippen LogP contribution is 2.45. The molecule has 0 aromatic carbocycles. The minimum absolute atomic E-state index is 0.0436. The molecule has 1 aliphatic carbocycles. The van der Waals surface area contributed by atoms with Crippen LogP contribution in [0.5, 0.6) is 0 Å². The van der Waals surface area contributed by atoms with Gasteiger partial charge in [0.05, 0.1) is 6.61 Å². The second kappa shape index (κ2) is 27.3. The first-order chi connectivity index (χ1) is 19.6. The minimum atomic E-state index is 0.0436. The third-order valence-corrected chi connectivity index (χ3v) is 9.38. The third-order valence-electron chi connectivity index (χ3n) is 9.38. The van der Waals surface area contributed by atoms with Crippen LogP contribution in [0, 0.1) is 17.8 Å². The number of carbonyl (C=O) groups is 1. The Balaban J connectivity index is 2.12. The molecule has 0 saturated heterocycles. The summed E-state index contributed by atoms with van der Waals surface area (Å²) in [5, 5.41) is 0. The van der Waals surface area contributed by atoms with Gasteiger partial charge in [-0.2, -0.15) is 0 Å². The molecule has 0 aromatic heterocycles. The maximum atomic E-state index is 12.1. The van der Waals surface area contributed by atoms with Crippen molar-refractivity contribution >= 4 is 5.97 Å². The van der Waals surface area contributed by atoms with Crippen LogP contribution in [0.1, 0.15) is 187 Å². The Labute approximate surface area is 252 Å². The molecule has 0 aromatic rings. The van der Waals surface area contributed by atoms with Crippen molar-refractivity contribution in [1.82, 2.24) is 4.90 Å². The van der Waals surface area contributed by atoms with E-state index in [1.165, 1.54) is 154 Å². The van der Waals surface area contributed by atoms with Crippen LogP contribution in [0.3, 0.4) is 0 Å². The molecule has 2 atom stereocenters. The van der Waals surface area contributed by atoms with Crippen molar-refractivity contribution in [2.24, 2.45) is 17.8 Å². The van der Waals surface area contributed by atoms with Crippen molar-refractivity contribution in [1.29, 1.82) is 0 Å². The molecule has 0 radical (unpaired) electrons. The van der Waals surface area contributed by atoms with Gasteiger partial charge in [0, 0.05) is 6.42 Å². The summed E-state index contributed by atoms with van der Waals surface area (Å²) in [4.78, 5) is 14.3. The zero-order chi connectivity index (χ0) is 29.1. The summed E-state index contributed by atoms with van der Waals surface area (Å²) in [5.74, 6) is 2.43. The standard InChI is InChI=1S/C37H73NO2/c1-5-7-9-11-13-15-17-20-26-34(27-21-18-16-14-12-10-8-6-2)28-22-19-23-29-35-32-36(35)33-37(39)40-31-25-24-30-38(3)4/h34-36H,5-33H2,1-4H3. The van der Waals surface area contributed by atoms with Crippen molar-refractivity contribution in [2.45, 2.75) is 187 Å². The van der Waals surface area contributed by atoms with Gasteiger partial charge in [0.25, 0.3) is 0 Å². The van der Waals surface area contributed by atoms with Gasteiger partial charge in [-0.1, -0.05) is 162 Å². The molecular weight excluding hydrogens is 490 g/mol. The predicted octanol–water partition coefficient (Wildman–Crippen LogP) is 11.5. The van der Waals surface area contributed by atoms with E-state index in [1.807, 2.05) is 0 Å². The lowest BCUT2D eigenvalue weighted by molar-refractivity contribution is -0.144. The molecule has 3 nitrogen and oxygen atoms in total. The Kier molecular flexibility index (Phi) is 25.5. The lowest BCUT2D eigenvalue weighted by Gasteiger charge is -2.17. The fraction of sp³-hybridized carbons (Fsp3) is 0.973. The van der Waals surface area contributed by atoms with Gasteiger partial charge in [-0.25, -0.2) is 0 Å². The number of rotatable bonds is 31. The molecule has 238 valence electrons. The SMILES string of the molecule is CCCCCCCCCCC(CCCCCCCCCC)CCCCCC1CC1CC(=O)OCCCCN(C)C. The van der Waals surface area contributed by atoms with E-state index in [9.17, 15) is 4.79 Å². The van der Waals surface area contributed by atoms with Crippen LogP contribution >= 0.6 is 0 Å². The Hall–Kier alpha value is -0.570. The third kappa shape index (κ3) is 24.1. The molecule has 0 N–H and O–H groups in total. The van der Waals surface area contributed by atoms with E-state index < -0.39 is 0 Å². The smallest absolute Gasteiger partial charge is 0.306 e. The fourth-order valence-corrected chi connectivity index (χ4v) is 6.49. The summed E-state index contributed by atoms with van der Waals surface area (Å²) in [6.07, 6.45) is 37.0. The summed E-state index contributed by atoms with van der Waals surface area (Å²) < 4.78 is 5.47. The van der Waals surface area contributed by atoms with Gasteiger partial charge in [0.15, 0.2) is 0 Å². The van der Waals surface area contributed by atoms with Gasteiger partial charge in [-0.05, 0) is 57.7 Å². The van der Waals surface area contributed by atoms with E-state index in [0.29, 0.717) is 18.9 Å². The van der Waals surface area contributed by atoms with Crippen LogP contribution in [0.4, 0.5) is 0 Å². The highest BCUT2D eigenvalue weighted by molar-refractivity contribution is 5.70. The molecule has 3 heteroatoms. The number of hydrogen-bond acceptors (Lipinski definition) is 3. The first-order valence-electron chi connectivity index (χ1n) is 18.4. The van der Waals surface area contributed by atoms with Gasteiger partial charge in [-0.15, -0.1) is 0 Å². The molecule has 1 rings (SSSR count). The number of hydrogen-bond donors (Lipinski definition) is 0.